The van der Waals surface area contributed by atoms with Crippen LogP contribution >= 0.6 is 23.1 Å². The van der Waals surface area contributed by atoms with Crippen molar-refractivity contribution in [3.05, 3.63) is 58.0 Å². The summed E-state index contributed by atoms with van der Waals surface area (Å²) in [4.78, 5) is 43.2. The van der Waals surface area contributed by atoms with Gasteiger partial charge in [0, 0.05) is 17.9 Å². The first-order valence-electron chi connectivity index (χ1n) is 11.1. The molecule has 1 fully saturated rings. The van der Waals surface area contributed by atoms with Gasteiger partial charge in [-0.05, 0) is 24.8 Å². The quantitative estimate of drug-likeness (QED) is 0.216. The molecule has 5 rings (SSSR count). The molecule has 0 bridgehead atoms. The fraction of sp³-hybridized carbons (Fsp3) is 0.333. The summed E-state index contributed by atoms with van der Waals surface area (Å²) in [5.74, 6) is -3.60. The molecule has 0 aliphatic carbocycles. The molecule has 9 nitrogen and oxygen atoms in total. The van der Waals surface area contributed by atoms with Crippen LogP contribution < -0.4 is 4.40 Å². The first kappa shape index (κ1) is 23.6. The zero-order valence-corrected chi connectivity index (χ0v) is 20.8. The summed E-state index contributed by atoms with van der Waals surface area (Å²) in [6.07, 6.45) is 3.09. The van der Waals surface area contributed by atoms with Gasteiger partial charge in [-0.2, -0.15) is 4.40 Å². The van der Waals surface area contributed by atoms with Gasteiger partial charge in [-0.25, -0.2) is 14.6 Å². The number of thiazole rings is 1. The smallest absolute Gasteiger partial charge is 0.352 e. The molecule has 1 amide bonds. The monoisotopic (exact) mass is 514 g/mol. The van der Waals surface area contributed by atoms with Crippen molar-refractivity contribution in [2.45, 2.75) is 37.4 Å². The highest BCUT2D eigenvalue weighted by atomic mass is 32.2. The predicted molar refractivity (Wildman–Crippen MR) is 129 cm³/mol. The molecule has 35 heavy (non-hydrogen) atoms. The van der Waals surface area contributed by atoms with E-state index in [1.165, 1.54) is 28.0 Å². The van der Waals surface area contributed by atoms with Crippen molar-refractivity contribution in [2.24, 2.45) is 11.8 Å². The van der Waals surface area contributed by atoms with Crippen LogP contribution in [-0.4, -0.2) is 61.5 Å². The van der Waals surface area contributed by atoms with E-state index in [2.05, 4.69) is 4.98 Å². The zero-order valence-electron chi connectivity index (χ0n) is 19.2. The Balaban J connectivity index is 1.73. The van der Waals surface area contributed by atoms with Crippen LogP contribution in [0.2, 0.25) is 0 Å². The second-order valence-electron chi connectivity index (χ2n) is 8.82. The number of carboxylic acids is 2. The third-order valence-corrected chi connectivity index (χ3v) is 9.02. The number of aromatic nitrogens is 2. The number of nitrogens with one attached hydrogen (secondary N) is 1. The Morgan fingerprint density at radius 2 is 1.97 bits per heavy atom. The lowest BCUT2D eigenvalue weighted by molar-refractivity contribution is -0.516. The van der Waals surface area contributed by atoms with Gasteiger partial charge in [0.1, 0.15) is 11.4 Å². The van der Waals surface area contributed by atoms with Crippen molar-refractivity contribution >= 4 is 51.3 Å². The summed E-state index contributed by atoms with van der Waals surface area (Å²) in [5.41, 5.74) is 2.02. The number of aliphatic carboxylic acids is 1. The molecule has 0 saturated carbocycles. The van der Waals surface area contributed by atoms with E-state index in [9.17, 15) is 29.7 Å². The van der Waals surface area contributed by atoms with Crippen LogP contribution in [0.4, 0.5) is 0 Å². The van der Waals surface area contributed by atoms with Crippen LogP contribution in [0.1, 0.15) is 40.3 Å². The third-order valence-electron chi connectivity index (χ3n) is 6.92. The summed E-state index contributed by atoms with van der Waals surface area (Å²) in [6.45, 7) is 3.44. The summed E-state index contributed by atoms with van der Waals surface area (Å²) in [7, 11) is 0. The maximum absolute atomic E-state index is 12.8. The molecule has 0 radical (unpaired) electrons. The number of imidazole rings is 1. The highest BCUT2D eigenvalue weighted by Crippen LogP contribution is 2.52. The first-order chi connectivity index (χ1) is 16.7. The number of aromatic amines is 1. The van der Waals surface area contributed by atoms with Crippen molar-refractivity contribution in [1.82, 2.24) is 9.88 Å². The topological polar surface area (TPSA) is 135 Å². The lowest BCUT2D eigenvalue weighted by Gasteiger charge is -2.46. The number of fused-ring (bicyclic) bond motifs is 2. The molecule has 182 valence electrons. The third kappa shape index (κ3) is 3.40. The van der Waals surface area contributed by atoms with Gasteiger partial charge < -0.3 is 20.2 Å². The van der Waals surface area contributed by atoms with E-state index in [0.29, 0.717) is 16.0 Å². The molecular weight excluding hydrogens is 490 g/mol. The van der Waals surface area contributed by atoms with Gasteiger partial charge in [0.25, 0.3) is 0 Å². The van der Waals surface area contributed by atoms with E-state index in [1.54, 1.807) is 37.5 Å². The molecule has 0 unspecified atom stereocenters. The molecule has 2 aliphatic rings. The second kappa shape index (κ2) is 8.51. The van der Waals surface area contributed by atoms with Crippen molar-refractivity contribution < 1.29 is 34.1 Å². The number of amides is 1. The number of nitrogens with zero attached hydrogens (tertiary/aromatic N) is 2. The van der Waals surface area contributed by atoms with E-state index in [-0.39, 0.29) is 29.5 Å². The Hall–Kier alpha value is -3.15. The summed E-state index contributed by atoms with van der Waals surface area (Å²) >= 11 is 2.94. The number of thioether (sulfide) groups is 1. The van der Waals surface area contributed by atoms with Crippen molar-refractivity contribution in [2.75, 3.05) is 6.26 Å². The molecule has 2 aliphatic heterocycles. The van der Waals surface area contributed by atoms with Gasteiger partial charge in [0.05, 0.1) is 28.5 Å². The summed E-state index contributed by atoms with van der Waals surface area (Å²) in [5, 5.41) is 30.9. The number of β-lactam (4-membered cyclic amide) rings is 1. The standard InChI is InChI=1S/C24H23N3O6S2/c1-10-15(18(24(32)33)27-17(10)16(11(2)28)21(27)29)19-14(26-9-25-20(34-3)22(26)35-19)8-12-6-4-5-7-13(12)23(30)31/h4-7,9-11,16-17,28H,8H2,1-3H3,(H2,30,31,32,33)/p+1/t10-,11+,16+,17+/m0/s1. The second-order valence-corrected chi connectivity index (χ2v) is 10.6. The van der Waals surface area contributed by atoms with Crippen LogP contribution in [0.25, 0.3) is 10.4 Å². The highest BCUT2D eigenvalue weighted by Gasteiger charge is 2.60. The fourth-order valence-corrected chi connectivity index (χ4v) is 7.47. The normalized spacial score (nSPS) is 22.5. The van der Waals surface area contributed by atoms with Crippen LogP contribution in [0.15, 0.2) is 41.3 Å². The molecular formula is C24H24N3O6S2+. The highest BCUT2D eigenvalue weighted by molar-refractivity contribution is 7.98. The Labute approximate surface area is 208 Å². The first-order valence-corrected chi connectivity index (χ1v) is 13.1. The molecule has 1 aromatic carbocycles. The molecule has 4 atom stereocenters. The minimum atomic E-state index is -1.20. The van der Waals surface area contributed by atoms with Gasteiger partial charge >= 0.3 is 11.9 Å². The van der Waals surface area contributed by atoms with Crippen LogP contribution in [0, 0.1) is 11.8 Å². The number of carbonyl (C=O) groups excluding carboxylic acids is 1. The number of carbonyl (C=O) groups is 3. The van der Waals surface area contributed by atoms with Crippen LogP contribution in [0.3, 0.4) is 0 Å². The Morgan fingerprint density at radius 1 is 1.26 bits per heavy atom. The molecule has 1 saturated heterocycles. The van der Waals surface area contributed by atoms with Gasteiger partial charge in [-0.15, -0.1) is 0 Å². The molecule has 0 spiro atoms. The average molecular weight is 515 g/mol. The average Bonchev–Trinajstić information content (AvgIpc) is 3.43. The Morgan fingerprint density at radius 3 is 2.60 bits per heavy atom. The number of aliphatic hydroxyl groups excluding tert-OH is 1. The van der Waals surface area contributed by atoms with E-state index in [0.717, 1.165) is 15.6 Å². The van der Waals surface area contributed by atoms with Crippen molar-refractivity contribution in [1.29, 1.82) is 0 Å². The number of carboxylic acid groups (broad SMARTS) is 2. The Bertz CT molecular complexity index is 1420. The Kier molecular flexibility index (Phi) is 5.73. The lowest BCUT2D eigenvalue weighted by Crippen LogP contribution is -2.63. The van der Waals surface area contributed by atoms with E-state index >= 15 is 0 Å². The number of aromatic carboxylic acids is 1. The molecule has 11 heteroatoms. The largest absolute Gasteiger partial charge is 0.478 e. The molecule has 3 aromatic rings. The maximum Gasteiger partial charge on any atom is 0.352 e. The molecule has 2 aromatic heterocycles. The minimum Gasteiger partial charge on any atom is -0.478 e. The van der Waals surface area contributed by atoms with Crippen molar-refractivity contribution in [3.8, 4) is 0 Å². The summed E-state index contributed by atoms with van der Waals surface area (Å²) < 4.78 is 1.94. The molecule has 4 N–H and O–H groups in total. The zero-order chi connectivity index (χ0) is 25.2. The number of H-pyrrole nitrogens is 1. The minimum absolute atomic E-state index is 0.0589. The van der Waals surface area contributed by atoms with E-state index < -0.39 is 30.0 Å². The number of hydrogen-bond acceptors (Lipinski definition) is 6. The molecule has 4 heterocycles. The maximum atomic E-state index is 12.8. The SMILES string of the molecule is CSc1[nH]c[n+]2c(Cc3ccccc3C(=O)O)c(C3=C(C(=O)O)N4C(=O)[C@H]([C@@H](C)O)[C@H]4[C@H]3C)sc12. The van der Waals surface area contributed by atoms with E-state index in [4.69, 9.17) is 0 Å². The number of benzene rings is 1. The number of rotatable bonds is 7. The van der Waals surface area contributed by atoms with Crippen molar-refractivity contribution in [3.63, 3.8) is 0 Å². The summed E-state index contributed by atoms with van der Waals surface area (Å²) in [6, 6.07) is 6.32. The lowest BCUT2D eigenvalue weighted by atomic mass is 9.77. The van der Waals surface area contributed by atoms with Gasteiger partial charge in [0.2, 0.25) is 22.1 Å². The van der Waals surface area contributed by atoms with Gasteiger partial charge in [-0.1, -0.05) is 48.2 Å². The number of aliphatic hydroxyl groups is 1. The van der Waals surface area contributed by atoms with Gasteiger partial charge in [0.15, 0.2) is 0 Å². The van der Waals surface area contributed by atoms with Crippen LogP contribution in [-0.2, 0) is 16.0 Å². The van der Waals surface area contributed by atoms with E-state index in [1.807, 2.05) is 17.6 Å². The van der Waals surface area contributed by atoms with Gasteiger partial charge in [-0.3, -0.25) is 4.79 Å². The van der Waals surface area contributed by atoms with Crippen LogP contribution in [0.5, 0.6) is 0 Å². The predicted octanol–water partition coefficient (Wildman–Crippen LogP) is 2.48. The fourth-order valence-electron chi connectivity index (χ4n) is 5.37. The number of hydrogen-bond donors (Lipinski definition) is 4.